The molecular weight excluding hydrogens is 382 g/mol. The second kappa shape index (κ2) is 8.24. The molecule has 9 heteroatoms. The van der Waals surface area contributed by atoms with Crippen LogP contribution in [0.5, 0.6) is 5.75 Å². The summed E-state index contributed by atoms with van der Waals surface area (Å²) in [5, 5.41) is 17.6. The molecule has 1 saturated carbocycles. The van der Waals surface area contributed by atoms with Gasteiger partial charge in [-0.15, -0.1) is 0 Å². The molecule has 30 heavy (non-hydrogen) atoms. The van der Waals surface area contributed by atoms with Gasteiger partial charge in [-0.1, -0.05) is 23.4 Å². The third kappa shape index (κ3) is 4.57. The van der Waals surface area contributed by atoms with Gasteiger partial charge in [-0.25, -0.2) is 4.98 Å². The van der Waals surface area contributed by atoms with Crippen molar-refractivity contribution in [3.8, 4) is 5.75 Å². The average Bonchev–Trinajstić information content (AvgIpc) is 3.35. The molecule has 0 radical (unpaired) electrons. The van der Waals surface area contributed by atoms with Crippen molar-refractivity contribution in [2.24, 2.45) is 0 Å². The zero-order chi connectivity index (χ0) is 20.2. The van der Waals surface area contributed by atoms with Crippen LogP contribution >= 0.6 is 0 Å². The van der Waals surface area contributed by atoms with E-state index in [4.69, 9.17) is 9.26 Å². The number of nitrogens with one attached hydrogen (secondary N) is 3. The van der Waals surface area contributed by atoms with E-state index in [1.807, 2.05) is 42.5 Å². The zero-order valence-corrected chi connectivity index (χ0v) is 16.2. The molecule has 9 nitrogen and oxygen atoms in total. The standard InChI is InChI=1S/C21H21N7O2/c1-2-4-16(5-3-1)29-13-15-10-20(27-26-15)24-19-8-9-22-21(25-19)23-12-17-11-18(28-30-17)14-6-7-14/h1-5,8-11,14H,6-7,12-13H2,(H3,22,23,24,25,26,27). The molecule has 0 amide bonds. The number of aromatic amines is 1. The molecule has 0 spiro atoms. The Kier molecular flexibility index (Phi) is 4.99. The molecule has 1 aromatic carbocycles. The average molecular weight is 403 g/mol. The van der Waals surface area contributed by atoms with Crippen molar-refractivity contribution in [3.05, 3.63) is 71.9 Å². The number of nitrogens with zero attached hydrogens (tertiary/aromatic N) is 4. The van der Waals surface area contributed by atoms with Gasteiger partial charge in [0.25, 0.3) is 0 Å². The first-order valence-electron chi connectivity index (χ1n) is 9.83. The molecule has 3 aromatic heterocycles. The smallest absolute Gasteiger partial charge is 0.224 e. The van der Waals surface area contributed by atoms with Crippen LogP contribution in [0, 0.1) is 0 Å². The summed E-state index contributed by atoms with van der Waals surface area (Å²) in [7, 11) is 0. The van der Waals surface area contributed by atoms with Crippen LogP contribution < -0.4 is 15.4 Å². The molecule has 1 aliphatic carbocycles. The lowest BCUT2D eigenvalue weighted by molar-refractivity contribution is 0.301. The molecule has 5 rings (SSSR count). The first-order chi connectivity index (χ1) is 14.8. The quantitative estimate of drug-likeness (QED) is 0.384. The normalized spacial score (nSPS) is 13.2. The van der Waals surface area contributed by atoms with Crippen molar-refractivity contribution >= 4 is 17.6 Å². The summed E-state index contributed by atoms with van der Waals surface area (Å²) in [6.07, 6.45) is 4.08. The Morgan fingerprint density at radius 3 is 2.87 bits per heavy atom. The van der Waals surface area contributed by atoms with Gasteiger partial charge in [-0.3, -0.25) is 5.10 Å². The number of H-pyrrole nitrogens is 1. The van der Waals surface area contributed by atoms with Crippen LogP contribution in [0.3, 0.4) is 0 Å². The van der Waals surface area contributed by atoms with Crippen molar-refractivity contribution in [1.82, 2.24) is 25.3 Å². The molecule has 0 unspecified atom stereocenters. The van der Waals surface area contributed by atoms with Gasteiger partial charge in [-0.05, 0) is 31.0 Å². The van der Waals surface area contributed by atoms with Gasteiger partial charge in [-0.2, -0.15) is 10.1 Å². The maximum atomic E-state index is 5.72. The second-order valence-electron chi connectivity index (χ2n) is 7.12. The van der Waals surface area contributed by atoms with Gasteiger partial charge in [0.15, 0.2) is 11.6 Å². The predicted octanol–water partition coefficient (Wildman–Crippen LogP) is 4.00. The van der Waals surface area contributed by atoms with Crippen LogP contribution in [0.4, 0.5) is 17.6 Å². The molecule has 0 atom stereocenters. The van der Waals surface area contributed by atoms with E-state index in [1.165, 1.54) is 12.8 Å². The molecular formula is C21H21N7O2. The maximum absolute atomic E-state index is 5.72. The third-order valence-corrected chi connectivity index (χ3v) is 4.67. The molecule has 3 heterocycles. The molecule has 152 valence electrons. The monoisotopic (exact) mass is 403 g/mol. The summed E-state index contributed by atoms with van der Waals surface area (Å²) >= 11 is 0. The third-order valence-electron chi connectivity index (χ3n) is 4.67. The van der Waals surface area contributed by atoms with Gasteiger partial charge in [0.1, 0.15) is 18.2 Å². The van der Waals surface area contributed by atoms with E-state index >= 15 is 0 Å². The van der Waals surface area contributed by atoms with Crippen LogP contribution in [0.1, 0.15) is 35.9 Å². The molecule has 1 aliphatic rings. The summed E-state index contributed by atoms with van der Waals surface area (Å²) in [4.78, 5) is 8.71. The Bertz CT molecular complexity index is 1110. The topological polar surface area (TPSA) is 114 Å². The van der Waals surface area contributed by atoms with Gasteiger partial charge < -0.3 is 19.9 Å². The summed E-state index contributed by atoms with van der Waals surface area (Å²) in [5.74, 6) is 3.93. The van der Waals surface area contributed by atoms with Gasteiger partial charge in [0.05, 0.1) is 17.9 Å². The van der Waals surface area contributed by atoms with E-state index in [-0.39, 0.29) is 0 Å². The fourth-order valence-corrected chi connectivity index (χ4v) is 2.97. The summed E-state index contributed by atoms with van der Waals surface area (Å²) in [5.41, 5.74) is 1.89. The lowest BCUT2D eigenvalue weighted by Crippen LogP contribution is -2.04. The molecule has 0 bridgehead atoms. The van der Waals surface area contributed by atoms with Crippen molar-refractivity contribution in [2.45, 2.75) is 31.9 Å². The number of anilines is 3. The highest BCUT2D eigenvalue weighted by atomic mass is 16.5. The highest BCUT2D eigenvalue weighted by Crippen LogP contribution is 2.39. The fourth-order valence-electron chi connectivity index (χ4n) is 2.97. The number of hydrogen-bond acceptors (Lipinski definition) is 8. The fraction of sp³-hybridized carbons (Fsp3) is 0.238. The van der Waals surface area contributed by atoms with Crippen molar-refractivity contribution < 1.29 is 9.26 Å². The Hall–Kier alpha value is -3.88. The summed E-state index contributed by atoms with van der Waals surface area (Å²) in [6, 6.07) is 15.3. The maximum Gasteiger partial charge on any atom is 0.224 e. The highest BCUT2D eigenvalue weighted by molar-refractivity contribution is 5.52. The van der Waals surface area contributed by atoms with E-state index < -0.39 is 0 Å². The number of rotatable bonds is 9. The minimum atomic E-state index is 0.398. The molecule has 0 saturated heterocycles. The highest BCUT2D eigenvalue weighted by Gasteiger charge is 2.26. The number of ether oxygens (including phenoxy) is 1. The van der Waals surface area contributed by atoms with E-state index in [2.05, 4.69) is 36.0 Å². The summed E-state index contributed by atoms with van der Waals surface area (Å²) in [6.45, 7) is 0.877. The van der Waals surface area contributed by atoms with Crippen LogP contribution in [-0.4, -0.2) is 25.3 Å². The largest absolute Gasteiger partial charge is 0.487 e. The van der Waals surface area contributed by atoms with Crippen molar-refractivity contribution in [1.29, 1.82) is 0 Å². The molecule has 1 fully saturated rings. The van der Waals surface area contributed by atoms with E-state index in [0.717, 1.165) is 22.9 Å². The minimum Gasteiger partial charge on any atom is -0.487 e. The Balaban J connectivity index is 1.16. The molecule has 0 aliphatic heterocycles. The summed E-state index contributed by atoms with van der Waals surface area (Å²) < 4.78 is 11.1. The number of aromatic nitrogens is 5. The first-order valence-corrected chi connectivity index (χ1v) is 9.83. The zero-order valence-electron chi connectivity index (χ0n) is 16.2. The lowest BCUT2D eigenvalue weighted by atomic mass is 10.3. The van der Waals surface area contributed by atoms with Gasteiger partial charge in [0, 0.05) is 24.2 Å². The van der Waals surface area contributed by atoms with E-state index in [1.54, 1.807) is 12.3 Å². The molecule has 3 N–H and O–H groups in total. The van der Waals surface area contributed by atoms with Gasteiger partial charge >= 0.3 is 0 Å². The Morgan fingerprint density at radius 2 is 2.00 bits per heavy atom. The second-order valence-corrected chi connectivity index (χ2v) is 7.12. The van der Waals surface area contributed by atoms with Crippen LogP contribution in [0.25, 0.3) is 0 Å². The predicted molar refractivity (Wildman–Crippen MR) is 110 cm³/mol. The van der Waals surface area contributed by atoms with Gasteiger partial charge in [0.2, 0.25) is 5.95 Å². The minimum absolute atomic E-state index is 0.398. The Morgan fingerprint density at radius 1 is 1.10 bits per heavy atom. The van der Waals surface area contributed by atoms with Crippen LogP contribution in [0.15, 0.2) is 59.3 Å². The van der Waals surface area contributed by atoms with Crippen molar-refractivity contribution in [2.75, 3.05) is 10.6 Å². The van der Waals surface area contributed by atoms with E-state index in [0.29, 0.717) is 36.7 Å². The van der Waals surface area contributed by atoms with Crippen LogP contribution in [0.2, 0.25) is 0 Å². The first kappa shape index (κ1) is 18.2. The molecule has 4 aromatic rings. The number of hydrogen-bond donors (Lipinski definition) is 3. The Labute approximate surface area is 172 Å². The van der Waals surface area contributed by atoms with Crippen molar-refractivity contribution in [3.63, 3.8) is 0 Å². The number of para-hydroxylation sites is 1. The lowest BCUT2D eigenvalue weighted by Gasteiger charge is -2.05. The van der Waals surface area contributed by atoms with Crippen LogP contribution in [-0.2, 0) is 13.2 Å². The number of benzene rings is 1. The van der Waals surface area contributed by atoms with E-state index in [9.17, 15) is 0 Å². The SMILES string of the molecule is c1ccc(OCc2cc(Nc3ccnc(NCc4cc(C5CC5)no4)n3)n[nH]2)cc1.